The number of ether oxygens (including phenoxy) is 2. The number of carboxylic acids is 1. The molecule has 0 aromatic rings. The lowest BCUT2D eigenvalue weighted by atomic mass is 10.0. The number of phosphoric ester groups is 1. The van der Waals surface area contributed by atoms with E-state index in [9.17, 15) is 23.8 Å². The number of carbonyl (C=O) groups excluding carboxylic acids is 2. The predicted octanol–water partition coefficient (Wildman–Crippen LogP) is 11.4. The number of phosphoric acid groups is 1. The van der Waals surface area contributed by atoms with E-state index >= 15 is 0 Å². The fourth-order valence-corrected chi connectivity index (χ4v) is 6.42. The third kappa shape index (κ3) is 38.3. The second-order valence-electron chi connectivity index (χ2n) is 14.5. The Morgan fingerprint density at radius 2 is 0.982 bits per heavy atom. The number of carbonyl (C=O) groups is 3. The Balaban J connectivity index is 4.42. The number of hydrogen-bond donors (Lipinski definition) is 3. The molecule has 0 heterocycles. The van der Waals surface area contributed by atoms with Crippen LogP contribution in [0.15, 0.2) is 48.6 Å². The van der Waals surface area contributed by atoms with Crippen LogP contribution in [-0.4, -0.2) is 59.9 Å². The van der Waals surface area contributed by atoms with Gasteiger partial charge < -0.3 is 25.2 Å². The topological polar surface area (TPSA) is 172 Å². The van der Waals surface area contributed by atoms with Crippen LogP contribution in [0, 0.1) is 0 Å². The quantitative estimate of drug-likeness (QED) is 0.0233. The van der Waals surface area contributed by atoms with Gasteiger partial charge in [-0.1, -0.05) is 165 Å². The summed E-state index contributed by atoms with van der Waals surface area (Å²) in [5.74, 6) is -2.42. The molecule has 0 rings (SSSR count). The number of hydrogen-bond acceptors (Lipinski definition) is 9. The standard InChI is InChI=1S/C44H78NO10P/c1-3-5-7-9-11-13-15-17-19-20-22-23-25-27-29-31-33-35-42(46)52-37-40(38-53-56(50,51)54-39-41(45)44(48)49)55-43(47)36-34-32-30-28-26-24-21-18-16-14-12-10-8-6-4-2/h7,9,13,15,19-20,23,25,40-41H,3-6,8,10-12,14,16-18,21-22,24,26-39,45H2,1-2H3,(H,48,49)(H,50,51)/b9-7+,15-13+,20-19+,25-23+/t40-,41+/m1/s1. The minimum absolute atomic E-state index is 0.156. The molecule has 11 nitrogen and oxygen atoms in total. The summed E-state index contributed by atoms with van der Waals surface area (Å²) in [4.78, 5) is 45.9. The molecule has 0 aliphatic carbocycles. The van der Waals surface area contributed by atoms with Crippen molar-refractivity contribution in [2.75, 3.05) is 19.8 Å². The van der Waals surface area contributed by atoms with Crippen molar-refractivity contribution < 1.29 is 47.5 Å². The van der Waals surface area contributed by atoms with Crippen LogP contribution in [0.25, 0.3) is 0 Å². The van der Waals surface area contributed by atoms with Crippen molar-refractivity contribution >= 4 is 25.7 Å². The van der Waals surface area contributed by atoms with Crippen molar-refractivity contribution in [3.63, 3.8) is 0 Å². The van der Waals surface area contributed by atoms with Crippen LogP contribution in [0.3, 0.4) is 0 Å². The second kappa shape index (κ2) is 39.3. The van der Waals surface area contributed by atoms with Gasteiger partial charge in [0.25, 0.3) is 0 Å². The Bertz CT molecular complexity index is 1140. The molecule has 0 aliphatic heterocycles. The maximum Gasteiger partial charge on any atom is 0.472 e. The molecule has 0 aliphatic rings. The van der Waals surface area contributed by atoms with Gasteiger partial charge in [-0.2, -0.15) is 0 Å². The number of rotatable bonds is 40. The number of unbranched alkanes of at least 4 members (excludes halogenated alkanes) is 18. The van der Waals surface area contributed by atoms with Crippen molar-refractivity contribution in [3.8, 4) is 0 Å². The van der Waals surface area contributed by atoms with Gasteiger partial charge in [-0.15, -0.1) is 0 Å². The lowest BCUT2D eigenvalue weighted by Crippen LogP contribution is -2.34. The van der Waals surface area contributed by atoms with Crippen molar-refractivity contribution in [2.45, 2.75) is 193 Å². The zero-order valence-electron chi connectivity index (χ0n) is 35.0. The van der Waals surface area contributed by atoms with Crippen molar-refractivity contribution in [3.05, 3.63) is 48.6 Å². The minimum Gasteiger partial charge on any atom is -0.480 e. The van der Waals surface area contributed by atoms with E-state index in [2.05, 4.69) is 67.0 Å². The first-order chi connectivity index (χ1) is 27.1. The monoisotopic (exact) mass is 812 g/mol. The average molecular weight is 812 g/mol. The molecular weight excluding hydrogens is 733 g/mol. The van der Waals surface area contributed by atoms with Gasteiger partial charge in [0.2, 0.25) is 0 Å². The second-order valence-corrected chi connectivity index (χ2v) is 15.9. The van der Waals surface area contributed by atoms with Crippen LogP contribution in [0.2, 0.25) is 0 Å². The SMILES string of the molecule is CCC/C=C/C/C=C/C/C=C/C/C=C/CCCCCC(=O)OC[C@H](COP(=O)(O)OC[C@H](N)C(=O)O)OC(=O)CCCCCCCCCCCCCCCCC. The number of carboxylic acid groups (broad SMARTS) is 1. The molecule has 0 saturated carbocycles. The van der Waals surface area contributed by atoms with E-state index < -0.39 is 51.1 Å². The van der Waals surface area contributed by atoms with Gasteiger partial charge >= 0.3 is 25.7 Å². The van der Waals surface area contributed by atoms with Crippen molar-refractivity contribution in [2.24, 2.45) is 5.73 Å². The zero-order chi connectivity index (χ0) is 41.4. The summed E-state index contributed by atoms with van der Waals surface area (Å²) in [5, 5.41) is 8.88. The number of esters is 2. The molecule has 0 aromatic carbocycles. The van der Waals surface area contributed by atoms with Crippen LogP contribution >= 0.6 is 7.82 Å². The normalized spacial score (nSPS) is 14.2. The van der Waals surface area contributed by atoms with Gasteiger partial charge in [0, 0.05) is 12.8 Å². The summed E-state index contributed by atoms with van der Waals surface area (Å²) in [7, 11) is -4.72. The first kappa shape index (κ1) is 53.4. The van der Waals surface area contributed by atoms with Gasteiger partial charge in [0.15, 0.2) is 6.10 Å². The number of aliphatic carboxylic acids is 1. The summed E-state index contributed by atoms with van der Waals surface area (Å²) in [6.45, 7) is 2.70. The Morgan fingerprint density at radius 3 is 1.48 bits per heavy atom. The van der Waals surface area contributed by atoms with E-state index in [-0.39, 0.29) is 19.4 Å². The minimum atomic E-state index is -4.72. The molecule has 0 spiro atoms. The molecule has 0 fully saturated rings. The molecule has 0 aromatic heterocycles. The van der Waals surface area contributed by atoms with Crippen LogP contribution < -0.4 is 5.73 Å². The molecule has 56 heavy (non-hydrogen) atoms. The lowest BCUT2D eigenvalue weighted by molar-refractivity contribution is -0.161. The Morgan fingerprint density at radius 1 is 0.554 bits per heavy atom. The molecule has 0 saturated heterocycles. The molecule has 1 unspecified atom stereocenters. The molecule has 0 amide bonds. The van der Waals surface area contributed by atoms with Gasteiger partial charge in [-0.05, 0) is 51.4 Å². The summed E-state index contributed by atoms with van der Waals surface area (Å²) in [5.41, 5.74) is 5.33. The van der Waals surface area contributed by atoms with E-state index in [1.54, 1.807) is 0 Å². The van der Waals surface area contributed by atoms with E-state index in [0.717, 1.165) is 64.2 Å². The largest absolute Gasteiger partial charge is 0.480 e. The van der Waals surface area contributed by atoms with Crippen LogP contribution in [0.1, 0.15) is 181 Å². The molecular formula is C44H78NO10P. The number of allylic oxidation sites excluding steroid dienone is 8. The maximum atomic E-state index is 12.6. The van der Waals surface area contributed by atoms with Gasteiger partial charge in [-0.25, -0.2) is 4.57 Å². The van der Waals surface area contributed by atoms with Crippen LogP contribution in [-0.2, 0) is 37.5 Å². The highest BCUT2D eigenvalue weighted by atomic mass is 31.2. The third-order valence-electron chi connectivity index (χ3n) is 9.06. The molecule has 4 N–H and O–H groups in total. The van der Waals surface area contributed by atoms with E-state index in [4.69, 9.17) is 24.8 Å². The highest BCUT2D eigenvalue weighted by molar-refractivity contribution is 7.47. The van der Waals surface area contributed by atoms with Gasteiger partial charge in [0.1, 0.15) is 12.6 Å². The first-order valence-electron chi connectivity index (χ1n) is 21.7. The fourth-order valence-electron chi connectivity index (χ4n) is 5.64. The third-order valence-corrected chi connectivity index (χ3v) is 10.0. The predicted molar refractivity (Wildman–Crippen MR) is 226 cm³/mol. The number of nitrogens with two attached hydrogens (primary N) is 1. The molecule has 324 valence electrons. The van der Waals surface area contributed by atoms with Gasteiger partial charge in [0.05, 0.1) is 13.2 Å². The summed E-state index contributed by atoms with van der Waals surface area (Å²) < 4.78 is 32.7. The van der Waals surface area contributed by atoms with Crippen LogP contribution in [0.4, 0.5) is 0 Å². The Hall–Kier alpha value is -2.56. The Kier molecular flexibility index (Phi) is 37.5. The van der Waals surface area contributed by atoms with Crippen molar-refractivity contribution in [1.29, 1.82) is 0 Å². The Labute approximate surface area is 339 Å². The highest BCUT2D eigenvalue weighted by Gasteiger charge is 2.28. The summed E-state index contributed by atoms with van der Waals surface area (Å²) >= 11 is 0. The summed E-state index contributed by atoms with van der Waals surface area (Å²) in [6, 6.07) is -1.53. The van der Waals surface area contributed by atoms with E-state index in [0.29, 0.717) is 12.8 Å². The van der Waals surface area contributed by atoms with E-state index in [1.807, 2.05) is 0 Å². The summed E-state index contributed by atoms with van der Waals surface area (Å²) in [6.07, 6.45) is 43.1. The zero-order valence-corrected chi connectivity index (χ0v) is 35.9. The van der Waals surface area contributed by atoms with Gasteiger partial charge in [-0.3, -0.25) is 23.4 Å². The molecule has 3 atom stereocenters. The highest BCUT2D eigenvalue weighted by Crippen LogP contribution is 2.43. The molecule has 0 bridgehead atoms. The molecule has 0 radical (unpaired) electrons. The fraction of sp³-hybridized carbons (Fsp3) is 0.750. The van der Waals surface area contributed by atoms with Crippen molar-refractivity contribution in [1.82, 2.24) is 0 Å². The maximum absolute atomic E-state index is 12.6. The lowest BCUT2D eigenvalue weighted by Gasteiger charge is -2.20. The smallest absolute Gasteiger partial charge is 0.472 e. The first-order valence-corrected chi connectivity index (χ1v) is 23.2. The average Bonchev–Trinajstić information content (AvgIpc) is 3.17. The van der Waals surface area contributed by atoms with Crippen LogP contribution in [0.5, 0.6) is 0 Å². The van der Waals surface area contributed by atoms with E-state index in [1.165, 1.54) is 77.0 Å². The molecule has 12 heteroatoms.